The fourth-order valence-electron chi connectivity index (χ4n) is 3.24. The van der Waals surface area contributed by atoms with Gasteiger partial charge in [0.05, 0.1) is 0 Å². The fourth-order valence-corrected chi connectivity index (χ4v) is 3.24. The van der Waals surface area contributed by atoms with Crippen LogP contribution in [0.2, 0.25) is 0 Å². The number of nitrogens with one attached hydrogen (secondary N) is 2. The van der Waals surface area contributed by atoms with Crippen molar-refractivity contribution in [1.29, 1.82) is 0 Å². The molecule has 10 heteroatoms. The first-order valence-electron chi connectivity index (χ1n) is 10.1. The van der Waals surface area contributed by atoms with Crippen molar-refractivity contribution in [2.24, 2.45) is 10.8 Å². The van der Waals surface area contributed by atoms with Crippen molar-refractivity contribution in [3.05, 3.63) is 11.6 Å². The largest absolute Gasteiger partial charge is 0.300 e. The number of hydrogen-bond donors (Lipinski definition) is 2. The van der Waals surface area contributed by atoms with Crippen LogP contribution in [-0.2, 0) is 22.4 Å². The molecular formula is C19H32N8O2. The number of carbonyl (C=O) groups is 2. The lowest BCUT2D eigenvalue weighted by molar-refractivity contribution is -0.121. The maximum Gasteiger partial charge on any atom is 0.175 e. The van der Waals surface area contributed by atoms with E-state index >= 15 is 0 Å². The molecule has 10 nitrogen and oxygen atoms in total. The van der Waals surface area contributed by atoms with E-state index in [1.54, 1.807) is 0 Å². The Hall–Kier alpha value is -2.52. The topological polar surface area (TPSA) is 143 Å². The molecule has 0 saturated heterocycles. The monoisotopic (exact) mass is 404 g/mol. The number of aromatic amines is 2. The number of Topliss-reactive ketones (excluding diaryl/α,β-unsaturated/α-hetero) is 2. The highest BCUT2D eigenvalue weighted by molar-refractivity contribution is 5.81. The second-order valence-electron chi connectivity index (χ2n) is 9.27. The van der Waals surface area contributed by atoms with Gasteiger partial charge >= 0.3 is 0 Å². The van der Waals surface area contributed by atoms with Crippen LogP contribution in [0.3, 0.4) is 0 Å². The zero-order valence-electron chi connectivity index (χ0n) is 17.9. The molecule has 0 fully saturated rings. The molecule has 0 radical (unpaired) electrons. The quantitative estimate of drug-likeness (QED) is 0.488. The second kappa shape index (κ2) is 10.3. The number of nitrogens with zero attached hydrogens (tertiary/aromatic N) is 6. The first-order valence-corrected chi connectivity index (χ1v) is 10.1. The molecule has 0 unspecified atom stereocenters. The molecule has 0 spiro atoms. The van der Waals surface area contributed by atoms with Gasteiger partial charge in [-0.05, 0) is 30.1 Å². The molecule has 0 aliphatic heterocycles. The van der Waals surface area contributed by atoms with Crippen molar-refractivity contribution in [1.82, 2.24) is 41.2 Å². The summed E-state index contributed by atoms with van der Waals surface area (Å²) in [5.41, 5.74) is -0.140. The van der Waals surface area contributed by atoms with E-state index in [9.17, 15) is 9.59 Å². The molecule has 0 amide bonds. The van der Waals surface area contributed by atoms with Gasteiger partial charge in [0.2, 0.25) is 0 Å². The highest BCUT2D eigenvalue weighted by Crippen LogP contribution is 2.27. The lowest BCUT2D eigenvalue weighted by Gasteiger charge is -2.22. The first kappa shape index (κ1) is 22.8. The van der Waals surface area contributed by atoms with Crippen LogP contribution in [0.4, 0.5) is 0 Å². The zero-order chi connectivity index (χ0) is 21.3. The van der Waals surface area contributed by atoms with Crippen LogP contribution in [-0.4, -0.2) is 52.8 Å². The minimum absolute atomic E-state index is 0.0698. The molecule has 2 N–H and O–H groups in total. The van der Waals surface area contributed by atoms with E-state index in [2.05, 4.69) is 68.9 Å². The van der Waals surface area contributed by atoms with Crippen LogP contribution in [0, 0.1) is 10.8 Å². The molecule has 0 saturated carbocycles. The summed E-state index contributed by atoms with van der Waals surface area (Å²) in [5.74, 6) is 1.73. The Morgan fingerprint density at radius 1 is 0.724 bits per heavy atom. The van der Waals surface area contributed by atoms with Gasteiger partial charge in [0.25, 0.3) is 0 Å². The van der Waals surface area contributed by atoms with E-state index in [0.29, 0.717) is 56.6 Å². The predicted molar refractivity (Wildman–Crippen MR) is 106 cm³/mol. The van der Waals surface area contributed by atoms with Crippen molar-refractivity contribution in [3.8, 4) is 0 Å². The lowest BCUT2D eigenvalue weighted by atomic mass is 9.82. The van der Waals surface area contributed by atoms with Gasteiger partial charge in [0, 0.05) is 38.5 Å². The van der Waals surface area contributed by atoms with Gasteiger partial charge in [0.15, 0.2) is 11.6 Å². The van der Waals surface area contributed by atoms with Crippen LogP contribution < -0.4 is 0 Å². The summed E-state index contributed by atoms with van der Waals surface area (Å²) < 4.78 is 0. The SMILES string of the molecule is CC(C)(CCC(=O)CCCC(=O)CCC(C)(C)Cc1nn[nH]n1)Cc1nn[nH]n1. The summed E-state index contributed by atoms with van der Waals surface area (Å²) in [5, 5.41) is 27.9. The van der Waals surface area contributed by atoms with Crippen molar-refractivity contribution in [2.75, 3.05) is 0 Å². The minimum Gasteiger partial charge on any atom is -0.300 e. The Labute approximate surface area is 171 Å². The van der Waals surface area contributed by atoms with E-state index < -0.39 is 0 Å². The maximum atomic E-state index is 12.2. The number of carbonyl (C=O) groups excluding carboxylic acids is 2. The highest BCUT2D eigenvalue weighted by atomic mass is 16.1. The summed E-state index contributed by atoms with van der Waals surface area (Å²) in [6.07, 6.45) is 5.43. The van der Waals surface area contributed by atoms with Gasteiger partial charge in [-0.3, -0.25) is 9.59 Å². The normalized spacial score (nSPS) is 12.3. The molecule has 2 aromatic rings. The van der Waals surface area contributed by atoms with Gasteiger partial charge in [-0.15, -0.1) is 20.4 Å². The molecule has 0 aromatic carbocycles. The second-order valence-corrected chi connectivity index (χ2v) is 9.27. The average molecular weight is 405 g/mol. The summed E-state index contributed by atoms with van der Waals surface area (Å²) in [4.78, 5) is 24.4. The summed E-state index contributed by atoms with van der Waals surface area (Å²) in [6, 6.07) is 0. The smallest absolute Gasteiger partial charge is 0.175 e. The molecule has 0 bridgehead atoms. The van der Waals surface area contributed by atoms with Gasteiger partial charge in [-0.1, -0.05) is 38.1 Å². The number of rotatable bonds is 14. The Morgan fingerprint density at radius 2 is 1.14 bits per heavy atom. The van der Waals surface area contributed by atoms with Crippen LogP contribution in [0.5, 0.6) is 0 Å². The molecule has 0 aliphatic carbocycles. The van der Waals surface area contributed by atoms with E-state index in [1.165, 1.54) is 0 Å². The average Bonchev–Trinajstić information content (AvgIpc) is 3.32. The highest BCUT2D eigenvalue weighted by Gasteiger charge is 2.23. The van der Waals surface area contributed by atoms with E-state index in [1.807, 2.05) is 0 Å². The Bertz CT molecular complexity index is 689. The number of ketones is 2. The van der Waals surface area contributed by atoms with Crippen LogP contribution in [0.15, 0.2) is 0 Å². The van der Waals surface area contributed by atoms with E-state index in [4.69, 9.17) is 0 Å². The third-order valence-corrected chi connectivity index (χ3v) is 5.12. The lowest BCUT2D eigenvalue weighted by Crippen LogP contribution is -2.18. The van der Waals surface area contributed by atoms with Gasteiger partial charge < -0.3 is 0 Å². The molecule has 2 heterocycles. The summed E-state index contributed by atoms with van der Waals surface area (Å²) in [6.45, 7) is 8.37. The van der Waals surface area contributed by atoms with E-state index in [-0.39, 0.29) is 22.4 Å². The van der Waals surface area contributed by atoms with Crippen LogP contribution in [0.25, 0.3) is 0 Å². The molecule has 2 rings (SSSR count). The summed E-state index contributed by atoms with van der Waals surface area (Å²) >= 11 is 0. The van der Waals surface area contributed by atoms with Crippen molar-refractivity contribution in [3.63, 3.8) is 0 Å². The molecule has 160 valence electrons. The summed E-state index contributed by atoms with van der Waals surface area (Å²) in [7, 11) is 0. The van der Waals surface area contributed by atoms with Crippen LogP contribution in [0.1, 0.15) is 84.3 Å². The Balaban J connectivity index is 1.59. The molecule has 29 heavy (non-hydrogen) atoms. The Morgan fingerprint density at radius 3 is 1.48 bits per heavy atom. The van der Waals surface area contributed by atoms with Gasteiger partial charge in [0.1, 0.15) is 11.6 Å². The third kappa shape index (κ3) is 9.01. The fraction of sp³-hybridized carbons (Fsp3) is 0.789. The molecule has 2 aromatic heterocycles. The number of aromatic nitrogens is 8. The third-order valence-electron chi connectivity index (χ3n) is 5.12. The number of tetrazole rings is 2. The Kier molecular flexibility index (Phi) is 8.10. The van der Waals surface area contributed by atoms with Gasteiger partial charge in [-0.2, -0.15) is 10.4 Å². The van der Waals surface area contributed by atoms with Gasteiger partial charge in [-0.25, -0.2) is 0 Å². The van der Waals surface area contributed by atoms with Crippen LogP contribution >= 0.6 is 0 Å². The standard InChI is InChI=1S/C19H32N8O2/c1-18(2,12-16-20-24-25-21-16)10-8-14(28)6-5-7-15(29)9-11-19(3,4)13-17-22-26-27-23-17/h5-13H2,1-4H3,(H,20,21,24,25)(H,22,23,26,27). The maximum absolute atomic E-state index is 12.2. The number of H-pyrrole nitrogens is 2. The minimum atomic E-state index is -0.0698. The van der Waals surface area contributed by atoms with Crippen molar-refractivity contribution in [2.45, 2.75) is 85.5 Å². The van der Waals surface area contributed by atoms with E-state index in [0.717, 1.165) is 12.8 Å². The van der Waals surface area contributed by atoms with Crippen molar-refractivity contribution < 1.29 is 9.59 Å². The zero-order valence-corrected chi connectivity index (χ0v) is 17.9. The molecule has 0 atom stereocenters. The molecular weight excluding hydrogens is 372 g/mol. The molecule has 0 aliphatic rings. The predicted octanol–water partition coefficient (Wildman–Crippen LogP) is 2.42. The van der Waals surface area contributed by atoms with Crippen molar-refractivity contribution >= 4 is 11.6 Å². The number of hydrogen-bond acceptors (Lipinski definition) is 8. The first-order chi connectivity index (χ1) is 13.7.